The maximum atomic E-state index is 15.0. The summed E-state index contributed by atoms with van der Waals surface area (Å²) in [7, 11) is -4.41. The molecule has 0 unspecified atom stereocenters. The van der Waals surface area contributed by atoms with Gasteiger partial charge in [-0.2, -0.15) is 8.42 Å². The summed E-state index contributed by atoms with van der Waals surface area (Å²) < 4.78 is 48.3. The fraction of sp³-hybridized carbons (Fsp3) is 0.276. The molecule has 0 bridgehead atoms. The minimum Gasteiger partial charge on any atom is -0.507 e. The van der Waals surface area contributed by atoms with Crippen LogP contribution in [0.1, 0.15) is 37.8 Å². The largest absolute Gasteiger partial charge is 0.507 e. The Morgan fingerprint density at radius 2 is 1.93 bits per heavy atom. The minimum absolute atomic E-state index is 0.00127. The molecular formula is C29H29ClFN5O4S. The summed E-state index contributed by atoms with van der Waals surface area (Å²) in [6.07, 6.45) is 1.24. The van der Waals surface area contributed by atoms with Gasteiger partial charge < -0.3 is 14.9 Å². The highest BCUT2D eigenvalue weighted by molar-refractivity contribution is 7.92. The van der Waals surface area contributed by atoms with Crippen molar-refractivity contribution in [3.63, 3.8) is 0 Å². The van der Waals surface area contributed by atoms with Gasteiger partial charge in [-0.1, -0.05) is 56.3 Å². The molecule has 1 amide bonds. The number of phenols is 1. The minimum atomic E-state index is -4.41. The lowest BCUT2D eigenvalue weighted by molar-refractivity contribution is -0.128. The number of aromatic nitrogens is 1. The van der Waals surface area contributed by atoms with Crippen LogP contribution in [0.25, 0.3) is 11.3 Å². The van der Waals surface area contributed by atoms with Crippen LogP contribution in [0.5, 0.6) is 5.75 Å². The summed E-state index contributed by atoms with van der Waals surface area (Å²) in [6, 6.07) is 12.0. The molecule has 0 aliphatic carbocycles. The molecule has 1 atom stereocenters. The second-order valence-corrected chi connectivity index (χ2v) is 12.1. The average Bonchev–Trinajstić information content (AvgIpc) is 2.92. The van der Waals surface area contributed by atoms with Crippen molar-refractivity contribution in [1.29, 1.82) is 0 Å². The van der Waals surface area contributed by atoms with Crippen molar-refractivity contribution in [2.24, 2.45) is 4.40 Å². The Morgan fingerprint density at radius 3 is 2.59 bits per heavy atom. The molecule has 214 valence electrons. The molecule has 41 heavy (non-hydrogen) atoms. The summed E-state index contributed by atoms with van der Waals surface area (Å²) in [6.45, 7) is 10.2. The number of amides is 1. The van der Waals surface area contributed by atoms with E-state index in [9.17, 15) is 22.7 Å². The van der Waals surface area contributed by atoms with E-state index in [0.717, 1.165) is 15.9 Å². The summed E-state index contributed by atoms with van der Waals surface area (Å²) in [4.78, 5) is 20.3. The topological polar surface area (TPSA) is 106 Å². The van der Waals surface area contributed by atoms with Gasteiger partial charge in [-0.25, -0.2) is 13.7 Å². The third kappa shape index (κ3) is 5.04. The van der Waals surface area contributed by atoms with E-state index >= 15 is 0 Å². The lowest BCUT2D eigenvalue weighted by atomic mass is 10.0. The zero-order chi connectivity index (χ0) is 29.6. The number of hydrogen-bond acceptors (Lipinski definition) is 6. The number of anilines is 2. The highest BCUT2D eigenvalue weighted by Gasteiger charge is 2.40. The lowest BCUT2D eigenvalue weighted by Crippen LogP contribution is -2.56. The highest BCUT2D eigenvalue weighted by atomic mass is 35.5. The van der Waals surface area contributed by atoms with Crippen molar-refractivity contribution in [2.45, 2.75) is 32.7 Å². The van der Waals surface area contributed by atoms with Gasteiger partial charge >= 0.3 is 10.2 Å². The van der Waals surface area contributed by atoms with Gasteiger partial charge in [0.15, 0.2) is 11.7 Å². The number of carbonyl (C=O) groups is 1. The molecule has 9 nitrogen and oxygen atoms in total. The van der Waals surface area contributed by atoms with Gasteiger partial charge in [-0.15, -0.1) is 4.40 Å². The zero-order valence-electron chi connectivity index (χ0n) is 22.8. The van der Waals surface area contributed by atoms with Crippen LogP contribution in [-0.4, -0.2) is 65.7 Å². The molecule has 0 radical (unpaired) electrons. The number of pyridine rings is 1. The summed E-state index contributed by atoms with van der Waals surface area (Å²) >= 11 is 6.66. The van der Waals surface area contributed by atoms with Crippen LogP contribution >= 0.6 is 11.6 Å². The van der Waals surface area contributed by atoms with Crippen LogP contribution in [0.3, 0.4) is 0 Å². The summed E-state index contributed by atoms with van der Waals surface area (Å²) in [5, 5.41) is 10.5. The van der Waals surface area contributed by atoms with Gasteiger partial charge in [-0.05, 0) is 48.7 Å². The van der Waals surface area contributed by atoms with Crippen LogP contribution in [-0.2, 0) is 15.0 Å². The van der Waals surface area contributed by atoms with E-state index in [2.05, 4.69) is 16.0 Å². The van der Waals surface area contributed by atoms with Gasteiger partial charge in [0.1, 0.15) is 11.6 Å². The van der Waals surface area contributed by atoms with Crippen molar-refractivity contribution in [1.82, 2.24) is 14.8 Å². The number of nitrogens with zero attached hydrogens (tertiary/aromatic N) is 5. The summed E-state index contributed by atoms with van der Waals surface area (Å²) in [5.41, 5.74) is 1.04. The number of halogens is 2. The Labute approximate surface area is 243 Å². The molecule has 0 saturated carbocycles. The molecule has 2 aliphatic heterocycles. The van der Waals surface area contributed by atoms with Crippen molar-refractivity contribution < 1.29 is 22.7 Å². The van der Waals surface area contributed by atoms with E-state index in [1.54, 1.807) is 21.9 Å². The number of carbonyl (C=O) groups excluding carboxylic acids is 1. The molecule has 5 rings (SSSR count). The summed E-state index contributed by atoms with van der Waals surface area (Å²) in [5.74, 6) is -1.33. The van der Waals surface area contributed by atoms with Crippen LogP contribution in [0.2, 0.25) is 5.02 Å². The highest BCUT2D eigenvalue weighted by Crippen LogP contribution is 2.44. The van der Waals surface area contributed by atoms with Crippen molar-refractivity contribution in [3.8, 4) is 17.0 Å². The average molecular weight is 598 g/mol. The van der Waals surface area contributed by atoms with E-state index in [4.69, 9.17) is 11.6 Å². The smallest absolute Gasteiger partial charge is 0.352 e. The molecule has 2 aliphatic rings. The Bertz CT molecular complexity index is 1670. The molecule has 12 heteroatoms. The molecule has 2 aromatic carbocycles. The van der Waals surface area contributed by atoms with E-state index in [0.29, 0.717) is 30.9 Å². The van der Waals surface area contributed by atoms with Crippen LogP contribution in [0.15, 0.2) is 65.6 Å². The molecule has 3 heterocycles. The van der Waals surface area contributed by atoms with E-state index < -0.39 is 21.8 Å². The van der Waals surface area contributed by atoms with Crippen LogP contribution < -0.4 is 4.31 Å². The number of phenolic OH excluding ortho intramolecular Hbond substituents is 1. The number of amidine groups is 1. The molecule has 1 N–H and O–H groups in total. The van der Waals surface area contributed by atoms with Crippen molar-refractivity contribution >= 4 is 45.1 Å². The van der Waals surface area contributed by atoms with Crippen LogP contribution in [0.4, 0.5) is 15.9 Å². The monoisotopic (exact) mass is 597 g/mol. The first-order valence-corrected chi connectivity index (χ1v) is 14.8. The van der Waals surface area contributed by atoms with Crippen molar-refractivity contribution in [2.75, 3.05) is 23.9 Å². The van der Waals surface area contributed by atoms with Gasteiger partial charge in [0.25, 0.3) is 0 Å². The predicted molar refractivity (Wildman–Crippen MR) is 157 cm³/mol. The fourth-order valence-corrected chi connectivity index (χ4v) is 6.76. The third-order valence-electron chi connectivity index (χ3n) is 7.21. The third-order valence-corrected chi connectivity index (χ3v) is 8.74. The SMILES string of the molecule is C=CC(=O)N1CCN(C2=NS(=O)(=O)N(c3ccccc3C(C)C)c3nc(-c4c(O)cccc4F)c(Cl)cc32)[C@@H](C)C1. The number of benzene rings is 2. The Hall–Kier alpha value is -3.96. The van der Waals surface area contributed by atoms with Gasteiger partial charge in [0.2, 0.25) is 5.91 Å². The fourth-order valence-electron chi connectivity index (χ4n) is 5.24. The Kier molecular flexibility index (Phi) is 7.52. The van der Waals surface area contributed by atoms with Gasteiger partial charge in [0.05, 0.1) is 27.5 Å². The lowest BCUT2D eigenvalue weighted by Gasteiger charge is -2.42. The van der Waals surface area contributed by atoms with Gasteiger partial charge in [0, 0.05) is 25.7 Å². The first-order valence-electron chi connectivity index (χ1n) is 13.1. The Morgan fingerprint density at radius 1 is 1.20 bits per heavy atom. The zero-order valence-corrected chi connectivity index (χ0v) is 24.3. The molecule has 1 aromatic heterocycles. The number of para-hydroxylation sites is 1. The predicted octanol–water partition coefficient (Wildman–Crippen LogP) is 5.23. The van der Waals surface area contributed by atoms with E-state index in [1.807, 2.05) is 32.9 Å². The molecule has 3 aromatic rings. The number of fused-ring (bicyclic) bond motifs is 1. The van der Waals surface area contributed by atoms with E-state index in [1.165, 1.54) is 24.3 Å². The second-order valence-electron chi connectivity index (χ2n) is 10.2. The molecular weight excluding hydrogens is 569 g/mol. The maximum absolute atomic E-state index is 15.0. The molecule has 1 saturated heterocycles. The number of hydrogen-bond donors (Lipinski definition) is 1. The first kappa shape index (κ1) is 28.6. The standard InChI is InChI=1S/C29H29ClFN5O4S/c1-5-25(38)34-13-14-35(18(4)16-34)29-20-15-21(30)27(26-22(31)10-8-12-24(26)37)32-28(20)36(41(39,40)33-29)23-11-7-6-9-19(23)17(2)3/h5-12,15,17-18,37H,1,13-14,16H2,2-4H3/t18-/m0/s1. The first-order chi connectivity index (χ1) is 19.4. The van der Waals surface area contributed by atoms with Gasteiger partial charge in [-0.3, -0.25) is 4.79 Å². The molecule has 1 fully saturated rings. The van der Waals surface area contributed by atoms with Crippen molar-refractivity contribution in [3.05, 3.63) is 83.2 Å². The normalized spacial score (nSPS) is 18.2. The maximum Gasteiger partial charge on any atom is 0.352 e. The number of rotatable bonds is 4. The van der Waals surface area contributed by atoms with E-state index in [-0.39, 0.29) is 45.8 Å². The quantitative estimate of drug-likeness (QED) is 0.413. The number of aromatic hydroxyl groups is 1. The molecule has 0 spiro atoms. The van der Waals surface area contributed by atoms with Crippen LogP contribution in [0, 0.1) is 5.82 Å². The Balaban J connectivity index is 1.75. The number of piperazine rings is 1. The second kappa shape index (κ2) is 10.8.